The van der Waals surface area contributed by atoms with Crippen molar-refractivity contribution in [3.05, 3.63) is 29.8 Å². The highest BCUT2D eigenvalue weighted by atomic mass is 32.2. The standard InChI is InChI=1S/C20H28N4O5S/c1-23(2)30(28,29)16-9-4-3-8-15(16)14-21-17(25)10-7-13-24-18(26)20(22-19(24)27)11-5-6-12-20/h3-4,8-9H,5-7,10-14H2,1-2H3,(H,21,25)(H,22,27). The van der Waals surface area contributed by atoms with Crippen molar-refractivity contribution in [1.82, 2.24) is 19.8 Å². The fourth-order valence-corrected chi connectivity index (χ4v) is 5.09. The van der Waals surface area contributed by atoms with Gasteiger partial charge in [0.25, 0.3) is 5.91 Å². The van der Waals surface area contributed by atoms with Gasteiger partial charge in [0, 0.05) is 33.6 Å². The van der Waals surface area contributed by atoms with E-state index in [1.165, 1.54) is 25.1 Å². The lowest BCUT2D eigenvalue weighted by atomic mass is 9.98. The maximum atomic E-state index is 12.6. The van der Waals surface area contributed by atoms with Crippen molar-refractivity contribution < 1.29 is 22.8 Å². The van der Waals surface area contributed by atoms with Gasteiger partial charge < -0.3 is 10.6 Å². The molecule has 2 aliphatic rings. The summed E-state index contributed by atoms with van der Waals surface area (Å²) < 4.78 is 26.0. The van der Waals surface area contributed by atoms with Crippen LogP contribution >= 0.6 is 0 Å². The van der Waals surface area contributed by atoms with E-state index in [1.807, 2.05) is 0 Å². The Bertz CT molecular complexity index is 938. The predicted octanol–water partition coefficient (Wildman–Crippen LogP) is 1.20. The lowest BCUT2D eigenvalue weighted by Gasteiger charge is -2.20. The number of hydrogen-bond acceptors (Lipinski definition) is 5. The van der Waals surface area contributed by atoms with E-state index in [0.717, 1.165) is 17.1 Å². The molecule has 3 rings (SSSR count). The molecule has 9 nitrogen and oxygen atoms in total. The van der Waals surface area contributed by atoms with Crippen LogP contribution in [-0.4, -0.2) is 61.6 Å². The van der Waals surface area contributed by atoms with Gasteiger partial charge in [-0.25, -0.2) is 17.5 Å². The summed E-state index contributed by atoms with van der Waals surface area (Å²) in [7, 11) is -0.704. The van der Waals surface area contributed by atoms with Gasteiger partial charge in [-0.1, -0.05) is 31.0 Å². The fourth-order valence-electron chi connectivity index (χ4n) is 3.97. The molecule has 1 aliphatic carbocycles. The summed E-state index contributed by atoms with van der Waals surface area (Å²) in [5, 5.41) is 5.54. The van der Waals surface area contributed by atoms with Crippen LogP contribution in [0.4, 0.5) is 4.79 Å². The summed E-state index contributed by atoms with van der Waals surface area (Å²) in [6.07, 6.45) is 3.67. The zero-order valence-electron chi connectivity index (χ0n) is 17.3. The van der Waals surface area contributed by atoms with Gasteiger partial charge in [0.05, 0.1) is 4.90 Å². The average molecular weight is 437 g/mol. The lowest BCUT2D eigenvalue weighted by Crippen LogP contribution is -2.44. The van der Waals surface area contributed by atoms with Crippen molar-refractivity contribution >= 4 is 27.9 Å². The monoisotopic (exact) mass is 436 g/mol. The molecular formula is C20H28N4O5S. The maximum absolute atomic E-state index is 12.6. The molecule has 4 amide bonds. The summed E-state index contributed by atoms with van der Waals surface area (Å²) in [4.78, 5) is 38.3. The third-order valence-corrected chi connectivity index (χ3v) is 7.61. The number of nitrogens with one attached hydrogen (secondary N) is 2. The van der Waals surface area contributed by atoms with Crippen LogP contribution in [0.25, 0.3) is 0 Å². The molecule has 164 valence electrons. The smallest absolute Gasteiger partial charge is 0.325 e. The molecule has 2 fully saturated rings. The van der Waals surface area contributed by atoms with Crippen molar-refractivity contribution in [1.29, 1.82) is 0 Å². The van der Waals surface area contributed by atoms with Gasteiger partial charge in [0.15, 0.2) is 0 Å². The molecule has 1 saturated heterocycles. The van der Waals surface area contributed by atoms with Crippen molar-refractivity contribution in [2.24, 2.45) is 0 Å². The lowest BCUT2D eigenvalue weighted by molar-refractivity contribution is -0.131. The Morgan fingerprint density at radius 1 is 1.20 bits per heavy atom. The van der Waals surface area contributed by atoms with Gasteiger partial charge >= 0.3 is 6.03 Å². The van der Waals surface area contributed by atoms with Crippen LogP contribution in [0, 0.1) is 0 Å². The Morgan fingerprint density at radius 2 is 1.87 bits per heavy atom. The van der Waals surface area contributed by atoms with Crippen LogP contribution in [0.1, 0.15) is 44.1 Å². The molecule has 10 heteroatoms. The van der Waals surface area contributed by atoms with Crippen molar-refractivity contribution in [2.75, 3.05) is 20.6 Å². The minimum absolute atomic E-state index is 0.0777. The highest BCUT2D eigenvalue weighted by molar-refractivity contribution is 7.89. The van der Waals surface area contributed by atoms with Crippen molar-refractivity contribution in [3.8, 4) is 0 Å². The van der Waals surface area contributed by atoms with Crippen LogP contribution in [0.2, 0.25) is 0 Å². The summed E-state index contributed by atoms with van der Waals surface area (Å²) in [5.41, 5.74) is -0.238. The van der Waals surface area contributed by atoms with Crippen LogP contribution in [0.15, 0.2) is 29.2 Å². The number of imide groups is 1. The first-order chi connectivity index (χ1) is 14.2. The zero-order chi connectivity index (χ0) is 21.9. The van der Waals surface area contributed by atoms with Gasteiger partial charge in [-0.3, -0.25) is 14.5 Å². The van der Waals surface area contributed by atoms with E-state index in [1.54, 1.807) is 18.2 Å². The highest BCUT2D eigenvalue weighted by Crippen LogP contribution is 2.35. The van der Waals surface area contributed by atoms with Crippen LogP contribution in [-0.2, 0) is 26.2 Å². The summed E-state index contributed by atoms with van der Waals surface area (Å²) in [5.74, 6) is -0.456. The molecule has 0 bridgehead atoms. The number of sulfonamides is 1. The van der Waals surface area contributed by atoms with E-state index in [4.69, 9.17) is 0 Å². The fraction of sp³-hybridized carbons (Fsp3) is 0.550. The molecule has 0 aromatic heterocycles. The topological polar surface area (TPSA) is 116 Å². The highest BCUT2D eigenvalue weighted by Gasteiger charge is 2.52. The third kappa shape index (κ3) is 4.34. The normalized spacial score (nSPS) is 18.3. The number of amides is 4. The second kappa shape index (κ2) is 8.73. The van der Waals surface area contributed by atoms with Crippen LogP contribution in [0.5, 0.6) is 0 Å². The molecule has 0 unspecified atom stereocenters. The molecule has 1 aromatic carbocycles. The Kier molecular flexibility index (Phi) is 6.47. The molecule has 1 saturated carbocycles. The summed E-state index contributed by atoms with van der Waals surface area (Å²) >= 11 is 0. The van der Waals surface area contributed by atoms with E-state index >= 15 is 0 Å². The minimum atomic E-state index is -3.61. The average Bonchev–Trinajstić information content (AvgIpc) is 3.26. The van der Waals surface area contributed by atoms with E-state index in [0.29, 0.717) is 24.8 Å². The Balaban J connectivity index is 1.51. The van der Waals surface area contributed by atoms with E-state index in [-0.39, 0.29) is 42.3 Å². The molecule has 1 aromatic rings. The first-order valence-electron chi connectivity index (χ1n) is 10.1. The number of rotatable bonds is 8. The molecule has 2 N–H and O–H groups in total. The zero-order valence-corrected chi connectivity index (χ0v) is 18.1. The molecule has 1 heterocycles. The molecule has 1 aliphatic heterocycles. The van der Waals surface area contributed by atoms with Crippen molar-refractivity contribution in [3.63, 3.8) is 0 Å². The number of urea groups is 1. The Hall–Kier alpha value is -2.46. The SMILES string of the molecule is CN(C)S(=O)(=O)c1ccccc1CNC(=O)CCCN1C(=O)NC2(CCCC2)C1=O. The molecular weight excluding hydrogens is 408 g/mol. The van der Waals surface area contributed by atoms with E-state index in [2.05, 4.69) is 10.6 Å². The van der Waals surface area contributed by atoms with Gasteiger partial charge in [-0.15, -0.1) is 0 Å². The number of carbonyl (C=O) groups excluding carboxylic acids is 3. The molecule has 0 radical (unpaired) electrons. The Morgan fingerprint density at radius 3 is 2.53 bits per heavy atom. The van der Waals surface area contributed by atoms with Crippen LogP contribution in [0.3, 0.4) is 0 Å². The minimum Gasteiger partial charge on any atom is -0.352 e. The maximum Gasteiger partial charge on any atom is 0.325 e. The predicted molar refractivity (Wildman–Crippen MR) is 110 cm³/mol. The quantitative estimate of drug-likeness (QED) is 0.594. The summed E-state index contributed by atoms with van der Waals surface area (Å²) in [6, 6.07) is 6.13. The molecule has 1 spiro atoms. The van der Waals surface area contributed by atoms with Crippen LogP contribution < -0.4 is 10.6 Å². The van der Waals surface area contributed by atoms with Gasteiger partial charge in [0.1, 0.15) is 5.54 Å². The van der Waals surface area contributed by atoms with E-state index < -0.39 is 15.6 Å². The Labute approximate surface area is 176 Å². The van der Waals surface area contributed by atoms with Gasteiger partial charge in [0.2, 0.25) is 15.9 Å². The largest absolute Gasteiger partial charge is 0.352 e. The number of carbonyl (C=O) groups is 3. The second-order valence-corrected chi connectivity index (χ2v) is 10.1. The molecule has 30 heavy (non-hydrogen) atoms. The van der Waals surface area contributed by atoms with Crippen molar-refractivity contribution in [2.45, 2.75) is 55.5 Å². The molecule has 0 atom stereocenters. The first-order valence-corrected chi connectivity index (χ1v) is 11.5. The van der Waals surface area contributed by atoms with E-state index in [9.17, 15) is 22.8 Å². The van der Waals surface area contributed by atoms with Gasteiger partial charge in [-0.05, 0) is 30.9 Å². The first kappa shape index (κ1) is 22.2. The second-order valence-electron chi connectivity index (χ2n) is 7.95. The van der Waals surface area contributed by atoms with Gasteiger partial charge in [-0.2, -0.15) is 0 Å². The number of nitrogens with zero attached hydrogens (tertiary/aromatic N) is 2. The number of hydrogen-bond donors (Lipinski definition) is 2. The summed E-state index contributed by atoms with van der Waals surface area (Å²) in [6.45, 7) is 0.264. The number of benzene rings is 1. The third-order valence-electron chi connectivity index (χ3n) is 5.70.